The van der Waals surface area contributed by atoms with Gasteiger partial charge >= 0.3 is 0 Å². The van der Waals surface area contributed by atoms with Crippen LogP contribution >= 0.6 is 0 Å². The largest absolute Gasteiger partial charge is 0.308 e. The molecular weight excluding hydrogens is 281 g/mol. The standard InChI is InChI=1S/C17H14FN3O/c18-13-6-2-1-5-12(13)11-16(22)21-10-9-20-15-8-4-3-7-14(15)19-17(20)21/h1-8H,9-11H2. The van der Waals surface area contributed by atoms with Crippen molar-refractivity contribution < 1.29 is 9.18 Å². The summed E-state index contributed by atoms with van der Waals surface area (Å²) < 4.78 is 15.7. The number of benzene rings is 2. The van der Waals surface area contributed by atoms with Crippen LogP contribution in [0.15, 0.2) is 48.5 Å². The van der Waals surface area contributed by atoms with Crippen LogP contribution in [0.3, 0.4) is 0 Å². The number of imidazole rings is 1. The van der Waals surface area contributed by atoms with Crippen LogP contribution < -0.4 is 4.90 Å². The molecule has 2 aromatic carbocycles. The molecule has 5 heteroatoms. The Kier molecular flexibility index (Phi) is 2.92. The lowest BCUT2D eigenvalue weighted by atomic mass is 10.1. The van der Waals surface area contributed by atoms with E-state index in [0.717, 1.165) is 17.6 Å². The number of carbonyl (C=O) groups is 1. The molecule has 1 amide bonds. The first-order valence-electron chi connectivity index (χ1n) is 7.23. The molecule has 0 N–H and O–H groups in total. The van der Waals surface area contributed by atoms with Gasteiger partial charge in [0.15, 0.2) is 0 Å². The maximum Gasteiger partial charge on any atom is 0.233 e. The van der Waals surface area contributed by atoms with E-state index in [1.807, 2.05) is 28.8 Å². The van der Waals surface area contributed by atoms with Crippen LogP contribution in [-0.4, -0.2) is 22.0 Å². The normalized spacial score (nSPS) is 13.6. The Morgan fingerprint density at radius 3 is 2.73 bits per heavy atom. The summed E-state index contributed by atoms with van der Waals surface area (Å²) in [6, 6.07) is 14.2. The van der Waals surface area contributed by atoms with Gasteiger partial charge in [-0.25, -0.2) is 9.37 Å². The molecule has 0 saturated carbocycles. The quantitative estimate of drug-likeness (QED) is 0.729. The number of hydrogen-bond acceptors (Lipinski definition) is 2. The number of rotatable bonds is 2. The van der Waals surface area contributed by atoms with Crippen LogP contribution in [-0.2, 0) is 17.8 Å². The molecule has 2 heterocycles. The molecule has 0 unspecified atom stereocenters. The molecule has 110 valence electrons. The summed E-state index contributed by atoms with van der Waals surface area (Å²) in [4.78, 5) is 18.7. The van der Waals surface area contributed by atoms with Gasteiger partial charge in [-0.1, -0.05) is 30.3 Å². The van der Waals surface area contributed by atoms with E-state index in [0.29, 0.717) is 18.1 Å². The fourth-order valence-corrected chi connectivity index (χ4v) is 2.93. The summed E-state index contributed by atoms with van der Waals surface area (Å²) in [5, 5.41) is 0. The number of aromatic nitrogens is 2. The Morgan fingerprint density at radius 2 is 1.86 bits per heavy atom. The third kappa shape index (κ3) is 1.97. The Bertz CT molecular complexity index is 871. The molecule has 4 rings (SSSR count). The van der Waals surface area contributed by atoms with Crippen molar-refractivity contribution in [1.29, 1.82) is 0 Å². The highest BCUT2D eigenvalue weighted by atomic mass is 19.1. The van der Waals surface area contributed by atoms with Crippen LogP contribution in [0, 0.1) is 5.82 Å². The SMILES string of the molecule is O=C(Cc1ccccc1F)N1CCn2c1nc1ccccc12. The van der Waals surface area contributed by atoms with E-state index in [9.17, 15) is 9.18 Å². The van der Waals surface area contributed by atoms with Gasteiger partial charge in [0.05, 0.1) is 17.5 Å². The number of amides is 1. The van der Waals surface area contributed by atoms with Crippen LogP contribution in [0.2, 0.25) is 0 Å². The lowest BCUT2D eigenvalue weighted by Gasteiger charge is -2.14. The minimum atomic E-state index is -0.344. The van der Waals surface area contributed by atoms with E-state index in [1.54, 1.807) is 23.1 Å². The smallest absolute Gasteiger partial charge is 0.233 e. The molecule has 22 heavy (non-hydrogen) atoms. The first-order valence-corrected chi connectivity index (χ1v) is 7.23. The van der Waals surface area contributed by atoms with Crippen molar-refractivity contribution in [2.75, 3.05) is 11.4 Å². The molecule has 0 aliphatic carbocycles. The minimum Gasteiger partial charge on any atom is -0.308 e. The highest BCUT2D eigenvalue weighted by Gasteiger charge is 2.28. The molecular formula is C17H14FN3O. The second-order valence-electron chi connectivity index (χ2n) is 5.37. The lowest BCUT2D eigenvalue weighted by molar-refractivity contribution is -0.117. The van der Waals surface area contributed by atoms with E-state index in [-0.39, 0.29) is 18.1 Å². The number of nitrogens with zero attached hydrogens (tertiary/aromatic N) is 3. The fourth-order valence-electron chi connectivity index (χ4n) is 2.93. The summed E-state index contributed by atoms with van der Waals surface area (Å²) in [6.45, 7) is 1.30. The predicted octanol–water partition coefficient (Wildman–Crippen LogP) is 2.76. The summed E-state index contributed by atoms with van der Waals surface area (Å²) >= 11 is 0. The third-order valence-corrected chi connectivity index (χ3v) is 4.02. The van der Waals surface area contributed by atoms with Crippen molar-refractivity contribution in [2.24, 2.45) is 0 Å². The number of para-hydroxylation sites is 2. The van der Waals surface area contributed by atoms with Gasteiger partial charge in [-0.3, -0.25) is 9.69 Å². The average molecular weight is 295 g/mol. The van der Waals surface area contributed by atoms with Crippen molar-refractivity contribution in [2.45, 2.75) is 13.0 Å². The van der Waals surface area contributed by atoms with Crippen molar-refractivity contribution in [3.8, 4) is 0 Å². The van der Waals surface area contributed by atoms with E-state index in [2.05, 4.69) is 4.98 Å². The maximum absolute atomic E-state index is 13.7. The molecule has 0 spiro atoms. The highest BCUT2D eigenvalue weighted by molar-refractivity contribution is 5.96. The van der Waals surface area contributed by atoms with Gasteiger partial charge < -0.3 is 4.57 Å². The fraction of sp³-hybridized carbons (Fsp3) is 0.176. The zero-order chi connectivity index (χ0) is 15.1. The van der Waals surface area contributed by atoms with Crippen molar-refractivity contribution in [3.05, 3.63) is 59.9 Å². The minimum absolute atomic E-state index is 0.0515. The Hall–Kier alpha value is -2.69. The molecule has 1 aromatic heterocycles. The number of anilines is 1. The Balaban J connectivity index is 1.66. The topological polar surface area (TPSA) is 38.1 Å². The van der Waals surface area contributed by atoms with Gasteiger partial charge in [-0.15, -0.1) is 0 Å². The van der Waals surface area contributed by atoms with Gasteiger partial charge in [0.1, 0.15) is 5.82 Å². The van der Waals surface area contributed by atoms with Crippen LogP contribution in [0.1, 0.15) is 5.56 Å². The number of hydrogen-bond donors (Lipinski definition) is 0. The first kappa shape index (κ1) is 13.0. The van der Waals surface area contributed by atoms with Gasteiger partial charge in [0, 0.05) is 13.1 Å². The second-order valence-corrected chi connectivity index (χ2v) is 5.37. The Morgan fingerprint density at radius 1 is 1.09 bits per heavy atom. The van der Waals surface area contributed by atoms with E-state index >= 15 is 0 Å². The van der Waals surface area contributed by atoms with Crippen molar-refractivity contribution in [1.82, 2.24) is 9.55 Å². The molecule has 3 aromatic rings. The molecule has 1 aliphatic rings. The summed E-state index contributed by atoms with van der Waals surface area (Å²) in [5.41, 5.74) is 2.32. The zero-order valence-corrected chi connectivity index (χ0v) is 11.9. The van der Waals surface area contributed by atoms with Gasteiger partial charge in [-0.2, -0.15) is 0 Å². The summed E-state index contributed by atoms with van der Waals surface area (Å²) in [7, 11) is 0. The van der Waals surface area contributed by atoms with E-state index in [4.69, 9.17) is 0 Å². The highest BCUT2D eigenvalue weighted by Crippen LogP contribution is 2.27. The van der Waals surface area contributed by atoms with Crippen molar-refractivity contribution in [3.63, 3.8) is 0 Å². The van der Waals surface area contributed by atoms with Crippen LogP contribution in [0.5, 0.6) is 0 Å². The third-order valence-electron chi connectivity index (χ3n) is 4.02. The summed E-state index contributed by atoms with van der Waals surface area (Å²) in [6.07, 6.45) is 0.0515. The average Bonchev–Trinajstić information content (AvgIpc) is 3.08. The van der Waals surface area contributed by atoms with Gasteiger partial charge in [-0.05, 0) is 23.8 Å². The molecule has 0 radical (unpaired) electrons. The van der Waals surface area contributed by atoms with Crippen molar-refractivity contribution >= 4 is 22.9 Å². The van der Waals surface area contributed by atoms with Crippen LogP contribution in [0.25, 0.3) is 11.0 Å². The van der Waals surface area contributed by atoms with Crippen LogP contribution in [0.4, 0.5) is 10.3 Å². The maximum atomic E-state index is 13.7. The molecule has 0 atom stereocenters. The molecule has 4 nitrogen and oxygen atoms in total. The number of carbonyl (C=O) groups excluding carboxylic acids is 1. The number of fused-ring (bicyclic) bond motifs is 3. The summed E-state index contributed by atoms with van der Waals surface area (Å²) in [5.74, 6) is 0.185. The van der Waals surface area contributed by atoms with Gasteiger partial charge in [0.25, 0.3) is 0 Å². The lowest BCUT2D eigenvalue weighted by Crippen LogP contribution is -2.31. The zero-order valence-electron chi connectivity index (χ0n) is 11.9. The Labute approximate surface area is 126 Å². The molecule has 1 aliphatic heterocycles. The molecule has 0 saturated heterocycles. The second kappa shape index (κ2) is 4.94. The molecule has 0 fully saturated rings. The van der Waals surface area contributed by atoms with E-state index < -0.39 is 0 Å². The van der Waals surface area contributed by atoms with E-state index in [1.165, 1.54) is 6.07 Å². The monoisotopic (exact) mass is 295 g/mol. The predicted molar refractivity (Wildman–Crippen MR) is 82.2 cm³/mol. The van der Waals surface area contributed by atoms with Gasteiger partial charge in [0.2, 0.25) is 11.9 Å². The number of halogens is 1. The first-order chi connectivity index (χ1) is 10.7. The molecule has 0 bridgehead atoms.